The summed E-state index contributed by atoms with van der Waals surface area (Å²) in [5.74, 6) is 3.42. The molecule has 0 radical (unpaired) electrons. The Hall–Kier alpha value is -0.840. The number of hydrogen-bond acceptors (Lipinski definition) is 5. The second-order valence-electron chi connectivity index (χ2n) is 4.59. The monoisotopic (exact) mass is 252 g/mol. The minimum Gasteiger partial charge on any atom is -0.368 e. The molecule has 0 amide bonds. The van der Waals surface area contributed by atoms with E-state index in [4.69, 9.17) is 5.73 Å². The van der Waals surface area contributed by atoms with E-state index < -0.39 is 0 Å². The first-order chi connectivity index (χ1) is 8.29. The van der Waals surface area contributed by atoms with Crippen LogP contribution >= 0.6 is 11.8 Å². The van der Waals surface area contributed by atoms with Gasteiger partial charge in [0.15, 0.2) is 0 Å². The summed E-state index contributed by atoms with van der Waals surface area (Å²) in [5, 5.41) is 0. The maximum atomic E-state index is 5.76. The highest BCUT2D eigenvalue weighted by Crippen LogP contribution is 2.29. The molecule has 0 atom stereocenters. The van der Waals surface area contributed by atoms with Gasteiger partial charge in [-0.2, -0.15) is 21.7 Å². The summed E-state index contributed by atoms with van der Waals surface area (Å²) in [7, 11) is 0. The van der Waals surface area contributed by atoms with Crippen molar-refractivity contribution in [2.75, 3.05) is 12.0 Å². The van der Waals surface area contributed by atoms with E-state index in [1.54, 1.807) is 11.8 Å². The third kappa shape index (κ3) is 3.56. The lowest BCUT2D eigenvalue weighted by Crippen LogP contribution is -2.10. The first kappa shape index (κ1) is 12.6. The highest BCUT2D eigenvalue weighted by Gasteiger charge is 2.18. The number of nitrogens with zero attached hydrogens (tertiary/aromatic N) is 3. The minimum absolute atomic E-state index is 0.378. The van der Waals surface area contributed by atoms with Crippen LogP contribution in [0.1, 0.15) is 56.1 Å². The van der Waals surface area contributed by atoms with Gasteiger partial charge < -0.3 is 5.73 Å². The van der Waals surface area contributed by atoms with Crippen LogP contribution in [0.3, 0.4) is 0 Å². The molecule has 0 aliphatic heterocycles. The molecule has 4 nitrogen and oxygen atoms in total. The molecule has 0 bridgehead atoms. The van der Waals surface area contributed by atoms with Crippen LogP contribution in [0.15, 0.2) is 0 Å². The normalized spacial score (nSPS) is 17.9. The second-order valence-corrected chi connectivity index (χ2v) is 5.46. The minimum atomic E-state index is 0.378. The molecular weight excluding hydrogens is 232 g/mol. The molecule has 94 valence electrons. The van der Waals surface area contributed by atoms with E-state index in [1.165, 1.54) is 38.5 Å². The predicted octanol–water partition coefficient (Wildman–Crippen LogP) is 2.75. The summed E-state index contributed by atoms with van der Waals surface area (Å²) in [6.45, 7) is 0. The summed E-state index contributed by atoms with van der Waals surface area (Å²) >= 11 is 1.71. The third-order valence-corrected chi connectivity index (χ3v) is 3.76. The van der Waals surface area contributed by atoms with Crippen LogP contribution in [-0.2, 0) is 5.75 Å². The van der Waals surface area contributed by atoms with Gasteiger partial charge in [0.2, 0.25) is 5.95 Å². The molecule has 0 aromatic carbocycles. The lowest BCUT2D eigenvalue weighted by Gasteiger charge is -2.13. The number of aromatic nitrogens is 3. The summed E-state index contributed by atoms with van der Waals surface area (Å²) in [5.41, 5.74) is 5.76. The third-order valence-electron chi connectivity index (χ3n) is 3.21. The van der Waals surface area contributed by atoms with Gasteiger partial charge in [-0.25, -0.2) is 4.98 Å². The van der Waals surface area contributed by atoms with E-state index in [0.717, 1.165) is 17.4 Å². The standard InChI is InChI=1S/C12H20N4S/c1-17-8-10-14-11(16-12(13)15-10)9-6-4-2-3-5-7-9/h9H,2-8H2,1H3,(H2,13,14,15,16). The van der Waals surface area contributed by atoms with Crippen LogP contribution in [0.2, 0.25) is 0 Å². The Kier molecular flexibility index (Phi) is 4.59. The van der Waals surface area contributed by atoms with Crippen LogP contribution in [0.4, 0.5) is 5.95 Å². The fraction of sp³-hybridized carbons (Fsp3) is 0.750. The number of rotatable bonds is 3. The highest BCUT2D eigenvalue weighted by molar-refractivity contribution is 7.97. The summed E-state index contributed by atoms with van der Waals surface area (Å²) in [6, 6.07) is 0. The van der Waals surface area contributed by atoms with Gasteiger partial charge in [-0.1, -0.05) is 25.7 Å². The number of thioether (sulfide) groups is 1. The zero-order chi connectivity index (χ0) is 12.1. The lowest BCUT2D eigenvalue weighted by molar-refractivity contribution is 0.556. The largest absolute Gasteiger partial charge is 0.368 e. The van der Waals surface area contributed by atoms with Gasteiger partial charge in [-0.15, -0.1) is 0 Å². The van der Waals surface area contributed by atoms with E-state index in [2.05, 4.69) is 15.0 Å². The van der Waals surface area contributed by atoms with Gasteiger partial charge in [-0.3, -0.25) is 0 Å². The Bertz CT molecular complexity index is 362. The molecule has 0 spiro atoms. The molecular formula is C12H20N4S. The average molecular weight is 252 g/mol. The molecule has 1 fully saturated rings. The quantitative estimate of drug-likeness (QED) is 0.838. The van der Waals surface area contributed by atoms with Crippen molar-refractivity contribution in [3.05, 3.63) is 11.6 Å². The van der Waals surface area contributed by atoms with Crippen molar-refractivity contribution in [3.8, 4) is 0 Å². The van der Waals surface area contributed by atoms with Crippen LogP contribution in [-0.4, -0.2) is 21.2 Å². The van der Waals surface area contributed by atoms with Crippen molar-refractivity contribution in [3.63, 3.8) is 0 Å². The fourth-order valence-corrected chi connectivity index (χ4v) is 2.76. The van der Waals surface area contributed by atoms with Crippen molar-refractivity contribution < 1.29 is 0 Å². The van der Waals surface area contributed by atoms with E-state index >= 15 is 0 Å². The first-order valence-electron chi connectivity index (χ1n) is 6.29. The van der Waals surface area contributed by atoms with E-state index in [-0.39, 0.29) is 0 Å². The van der Waals surface area contributed by atoms with Crippen LogP contribution in [0.25, 0.3) is 0 Å². The van der Waals surface area contributed by atoms with Crippen molar-refractivity contribution in [2.45, 2.75) is 50.2 Å². The molecule has 2 N–H and O–H groups in total. The van der Waals surface area contributed by atoms with Gasteiger partial charge in [0.05, 0.1) is 5.75 Å². The van der Waals surface area contributed by atoms with Crippen LogP contribution in [0.5, 0.6) is 0 Å². The number of hydrogen-bond donors (Lipinski definition) is 1. The van der Waals surface area contributed by atoms with Gasteiger partial charge in [-0.05, 0) is 19.1 Å². The van der Waals surface area contributed by atoms with Crippen LogP contribution in [0, 0.1) is 0 Å². The fourth-order valence-electron chi connectivity index (χ4n) is 2.37. The molecule has 2 rings (SSSR count). The molecule has 5 heteroatoms. The number of nitrogens with two attached hydrogens (primary N) is 1. The smallest absolute Gasteiger partial charge is 0.223 e. The molecule has 1 saturated carbocycles. The molecule has 1 aliphatic rings. The molecule has 1 aromatic rings. The zero-order valence-corrected chi connectivity index (χ0v) is 11.2. The van der Waals surface area contributed by atoms with Crippen molar-refractivity contribution in [2.24, 2.45) is 0 Å². The van der Waals surface area contributed by atoms with Gasteiger partial charge >= 0.3 is 0 Å². The van der Waals surface area contributed by atoms with E-state index in [1.807, 2.05) is 6.26 Å². The lowest BCUT2D eigenvalue weighted by atomic mass is 10.00. The molecule has 0 unspecified atom stereocenters. The summed E-state index contributed by atoms with van der Waals surface area (Å²) < 4.78 is 0. The molecule has 1 aliphatic carbocycles. The predicted molar refractivity (Wildman–Crippen MR) is 71.9 cm³/mol. The average Bonchev–Trinajstić information content (AvgIpc) is 2.57. The van der Waals surface area contributed by atoms with E-state index in [9.17, 15) is 0 Å². The second kappa shape index (κ2) is 6.19. The molecule has 1 heterocycles. The molecule has 0 saturated heterocycles. The Balaban J connectivity index is 2.17. The van der Waals surface area contributed by atoms with Crippen molar-refractivity contribution in [1.29, 1.82) is 0 Å². The molecule has 17 heavy (non-hydrogen) atoms. The SMILES string of the molecule is CSCc1nc(N)nc(C2CCCCCC2)n1. The van der Waals surface area contributed by atoms with E-state index in [0.29, 0.717) is 11.9 Å². The van der Waals surface area contributed by atoms with Gasteiger partial charge in [0.1, 0.15) is 11.6 Å². The summed E-state index contributed by atoms with van der Waals surface area (Å²) in [6.07, 6.45) is 9.70. The maximum absolute atomic E-state index is 5.76. The van der Waals surface area contributed by atoms with Gasteiger partial charge in [0, 0.05) is 5.92 Å². The topological polar surface area (TPSA) is 64.7 Å². The van der Waals surface area contributed by atoms with Crippen molar-refractivity contribution >= 4 is 17.7 Å². The number of anilines is 1. The number of nitrogen functional groups attached to an aromatic ring is 1. The first-order valence-corrected chi connectivity index (χ1v) is 7.68. The Labute approximate surface area is 107 Å². The Morgan fingerprint density at radius 3 is 2.47 bits per heavy atom. The maximum Gasteiger partial charge on any atom is 0.223 e. The Morgan fingerprint density at radius 2 is 1.82 bits per heavy atom. The zero-order valence-electron chi connectivity index (χ0n) is 10.4. The summed E-state index contributed by atoms with van der Waals surface area (Å²) in [4.78, 5) is 13.1. The van der Waals surface area contributed by atoms with Gasteiger partial charge in [0.25, 0.3) is 0 Å². The highest BCUT2D eigenvalue weighted by atomic mass is 32.2. The van der Waals surface area contributed by atoms with Crippen molar-refractivity contribution in [1.82, 2.24) is 15.0 Å². The molecule has 1 aromatic heterocycles. The Morgan fingerprint density at radius 1 is 1.12 bits per heavy atom. The van der Waals surface area contributed by atoms with Crippen LogP contribution < -0.4 is 5.73 Å².